The predicted molar refractivity (Wildman–Crippen MR) is 143 cm³/mol. The summed E-state index contributed by atoms with van der Waals surface area (Å²) in [7, 11) is 3.05. The van der Waals surface area contributed by atoms with Crippen molar-refractivity contribution >= 4 is 28.9 Å². The number of esters is 1. The number of carbonyl (C=O) groups excluding carboxylic acids is 1. The molecule has 1 atom stereocenters. The molecule has 13 heteroatoms. The lowest BCUT2D eigenvalue weighted by Crippen LogP contribution is -2.14. The average molecular weight is 560 g/mol. The van der Waals surface area contributed by atoms with Gasteiger partial charge >= 0.3 is 5.97 Å². The molecule has 0 aliphatic carbocycles. The molecule has 1 aromatic carbocycles. The van der Waals surface area contributed by atoms with E-state index in [-0.39, 0.29) is 22.3 Å². The van der Waals surface area contributed by atoms with Crippen LogP contribution in [0.4, 0.5) is 11.4 Å². The molecule has 0 spiro atoms. The zero-order valence-electron chi connectivity index (χ0n) is 21.9. The molecule has 0 unspecified atom stereocenters. The SMILES string of the molecule is COC(=O)c1cc(Cl)nc(-c2cnn(C)c2OCCC[C@@H](C)CNc2cc(C3OCCO3)ccc2[N+](=O)[O-])c1. The lowest BCUT2D eigenvalue weighted by atomic mass is 10.1. The van der Waals surface area contributed by atoms with Gasteiger partial charge in [0.2, 0.25) is 5.88 Å². The minimum atomic E-state index is -0.522. The van der Waals surface area contributed by atoms with Crippen LogP contribution in [-0.4, -0.2) is 59.1 Å². The maximum absolute atomic E-state index is 12.0. The number of nitro groups is 1. The maximum Gasteiger partial charge on any atom is 0.338 e. The van der Waals surface area contributed by atoms with E-state index in [2.05, 4.69) is 22.3 Å². The Balaban J connectivity index is 1.33. The third-order valence-electron chi connectivity index (χ3n) is 6.21. The summed E-state index contributed by atoms with van der Waals surface area (Å²) in [5, 5.41) is 19.1. The first-order chi connectivity index (χ1) is 18.8. The van der Waals surface area contributed by atoms with E-state index < -0.39 is 17.2 Å². The van der Waals surface area contributed by atoms with Crippen molar-refractivity contribution < 1.29 is 28.7 Å². The van der Waals surface area contributed by atoms with E-state index in [1.807, 2.05) is 0 Å². The fraction of sp³-hybridized carbons (Fsp3) is 0.423. The number of pyridine rings is 1. The van der Waals surface area contributed by atoms with Crippen LogP contribution < -0.4 is 10.1 Å². The second-order valence-corrected chi connectivity index (χ2v) is 9.51. The van der Waals surface area contributed by atoms with E-state index in [1.165, 1.54) is 19.2 Å². The van der Waals surface area contributed by atoms with Gasteiger partial charge in [-0.1, -0.05) is 18.5 Å². The molecule has 0 radical (unpaired) electrons. The van der Waals surface area contributed by atoms with Gasteiger partial charge in [-0.25, -0.2) is 14.5 Å². The first-order valence-electron chi connectivity index (χ1n) is 12.4. The second kappa shape index (κ2) is 12.9. The molecule has 1 fully saturated rings. The fourth-order valence-electron chi connectivity index (χ4n) is 4.18. The number of rotatable bonds is 12. The summed E-state index contributed by atoms with van der Waals surface area (Å²) in [4.78, 5) is 27.4. The van der Waals surface area contributed by atoms with Gasteiger partial charge in [0.05, 0.1) is 54.9 Å². The molecule has 1 aliphatic rings. The molecule has 0 bridgehead atoms. The van der Waals surface area contributed by atoms with Crippen molar-refractivity contribution in [3.8, 4) is 17.1 Å². The standard InChI is InChI=1S/C26H30ClN5O7/c1-16(14-28-21-11-17(26-38-9-10-39-26)6-7-22(21)32(34)35)5-4-8-37-24-19(15-29-31(24)2)20-12-18(25(33)36-3)13-23(27)30-20/h6-7,11-13,15-16,26,28H,4-5,8-10,14H2,1-3H3/t16-/m1/s1. The van der Waals surface area contributed by atoms with Crippen LogP contribution in [0.5, 0.6) is 5.88 Å². The Morgan fingerprint density at radius 2 is 2.08 bits per heavy atom. The summed E-state index contributed by atoms with van der Waals surface area (Å²) in [6, 6.07) is 7.85. The van der Waals surface area contributed by atoms with Gasteiger partial charge in [0.25, 0.3) is 5.69 Å². The number of nitrogens with zero attached hydrogens (tertiary/aromatic N) is 4. The molecule has 2 aromatic heterocycles. The van der Waals surface area contributed by atoms with E-state index in [9.17, 15) is 14.9 Å². The number of ether oxygens (including phenoxy) is 4. The van der Waals surface area contributed by atoms with Crippen molar-refractivity contribution in [1.82, 2.24) is 14.8 Å². The first kappa shape index (κ1) is 28.3. The van der Waals surface area contributed by atoms with Crippen LogP contribution in [0, 0.1) is 16.0 Å². The quantitative estimate of drug-likeness (QED) is 0.108. The Hall–Kier alpha value is -3.74. The van der Waals surface area contributed by atoms with Crippen molar-refractivity contribution in [3.05, 3.63) is 62.9 Å². The third-order valence-corrected chi connectivity index (χ3v) is 6.40. The minimum Gasteiger partial charge on any atom is -0.477 e. The number of methoxy groups -OCH3 is 1. The smallest absolute Gasteiger partial charge is 0.338 e. The monoisotopic (exact) mass is 559 g/mol. The highest BCUT2D eigenvalue weighted by Gasteiger charge is 2.23. The van der Waals surface area contributed by atoms with Gasteiger partial charge in [-0.2, -0.15) is 5.10 Å². The number of carbonyl (C=O) groups is 1. The van der Waals surface area contributed by atoms with Crippen molar-refractivity contribution in [2.45, 2.75) is 26.1 Å². The van der Waals surface area contributed by atoms with Crippen LogP contribution in [0.25, 0.3) is 11.3 Å². The van der Waals surface area contributed by atoms with Gasteiger partial charge < -0.3 is 24.3 Å². The highest BCUT2D eigenvalue weighted by atomic mass is 35.5. The normalized spacial score (nSPS) is 14.3. The highest BCUT2D eigenvalue weighted by molar-refractivity contribution is 6.29. The number of anilines is 1. The molecular formula is C26H30ClN5O7. The maximum atomic E-state index is 12.0. The summed E-state index contributed by atoms with van der Waals surface area (Å²) in [6.45, 7) is 4.00. The zero-order chi connectivity index (χ0) is 27.9. The Bertz CT molecular complexity index is 1330. The first-order valence-corrected chi connectivity index (χ1v) is 12.8. The molecule has 3 aromatic rings. The molecule has 4 rings (SSSR count). The van der Waals surface area contributed by atoms with Crippen molar-refractivity contribution in [2.24, 2.45) is 13.0 Å². The molecule has 1 aliphatic heterocycles. The Labute approximate surface area is 230 Å². The summed E-state index contributed by atoms with van der Waals surface area (Å²) < 4.78 is 23.4. The number of nitro benzene ring substituents is 1. The number of aryl methyl sites for hydroxylation is 1. The van der Waals surface area contributed by atoms with Gasteiger partial charge in [-0.15, -0.1) is 0 Å². The van der Waals surface area contributed by atoms with Gasteiger partial charge in [0.1, 0.15) is 10.8 Å². The van der Waals surface area contributed by atoms with Gasteiger partial charge in [-0.05, 0) is 43.0 Å². The highest BCUT2D eigenvalue weighted by Crippen LogP contribution is 2.32. The largest absolute Gasteiger partial charge is 0.477 e. The van der Waals surface area contributed by atoms with Crippen molar-refractivity contribution in [2.75, 3.05) is 38.8 Å². The Kier molecular flexibility index (Phi) is 9.33. The number of benzene rings is 1. The summed E-state index contributed by atoms with van der Waals surface area (Å²) in [6.07, 6.45) is 2.64. The van der Waals surface area contributed by atoms with Gasteiger partial charge in [0.15, 0.2) is 6.29 Å². The van der Waals surface area contributed by atoms with Gasteiger partial charge in [-0.3, -0.25) is 10.1 Å². The van der Waals surface area contributed by atoms with Crippen LogP contribution in [0.2, 0.25) is 5.15 Å². The predicted octanol–water partition coefficient (Wildman–Crippen LogP) is 4.78. The van der Waals surface area contributed by atoms with E-state index >= 15 is 0 Å². The molecule has 0 amide bonds. The lowest BCUT2D eigenvalue weighted by Gasteiger charge is -2.16. The molecule has 208 valence electrons. The second-order valence-electron chi connectivity index (χ2n) is 9.13. The molecule has 1 N–H and O–H groups in total. The van der Waals surface area contributed by atoms with E-state index in [1.54, 1.807) is 36.1 Å². The lowest BCUT2D eigenvalue weighted by molar-refractivity contribution is -0.384. The Morgan fingerprint density at radius 3 is 2.79 bits per heavy atom. The van der Waals surface area contributed by atoms with Crippen molar-refractivity contribution in [1.29, 1.82) is 0 Å². The van der Waals surface area contributed by atoms with Crippen LogP contribution in [0.15, 0.2) is 36.5 Å². The topological polar surface area (TPSA) is 140 Å². The minimum absolute atomic E-state index is 0.000925. The Morgan fingerprint density at radius 1 is 1.31 bits per heavy atom. The molecule has 12 nitrogen and oxygen atoms in total. The molecular weight excluding hydrogens is 530 g/mol. The number of aromatic nitrogens is 3. The van der Waals surface area contributed by atoms with E-state index in [0.717, 1.165) is 18.4 Å². The number of hydrogen-bond donors (Lipinski definition) is 1. The molecule has 0 saturated carbocycles. The summed E-state index contributed by atoms with van der Waals surface area (Å²) in [5.74, 6) is 0.181. The number of nitrogens with one attached hydrogen (secondary N) is 1. The fourth-order valence-corrected chi connectivity index (χ4v) is 4.39. The van der Waals surface area contributed by atoms with Crippen LogP contribution >= 0.6 is 11.6 Å². The zero-order valence-corrected chi connectivity index (χ0v) is 22.6. The van der Waals surface area contributed by atoms with Gasteiger partial charge in [0, 0.05) is 25.2 Å². The van der Waals surface area contributed by atoms with E-state index in [0.29, 0.717) is 49.2 Å². The summed E-state index contributed by atoms with van der Waals surface area (Å²) in [5.41, 5.74) is 2.49. The van der Waals surface area contributed by atoms with Crippen LogP contribution in [0.3, 0.4) is 0 Å². The van der Waals surface area contributed by atoms with Crippen LogP contribution in [0.1, 0.15) is 42.0 Å². The van der Waals surface area contributed by atoms with E-state index in [4.69, 9.17) is 30.5 Å². The number of hydrogen-bond acceptors (Lipinski definition) is 10. The molecule has 3 heterocycles. The summed E-state index contributed by atoms with van der Waals surface area (Å²) >= 11 is 6.12. The third kappa shape index (κ3) is 7.02. The van der Waals surface area contributed by atoms with Crippen LogP contribution in [-0.2, 0) is 21.3 Å². The molecule has 1 saturated heterocycles. The van der Waals surface area contributed by atoms with Crippen molar-refractivity contribution in [3.63, 3.8) is 0 Å². The average Bonchev–Trinajstić information content (AvgIpc) is 3.59. The molecule has 39 heavy (non-hydrogen) atoms. The number of halogens is 1.